The van der Waals surface area contributed by atoms with E-state index >= 15 is 0 Å². The van der Waals surface area contributed by atoms with Gasteiger partial charge in [0.25, 0.3) is 11.6 Å². The summed E-state index contributed by atoms with van der Waals surface area (Å²) in [6, 6.07) is 11.0. The average Bonchev–Trinajstić information content (AvgIpc) is 2.48. The van der Waals surface area contributed by atoms with Gasteiger partial charge < -0.3 is 0 Å². The lowest BCUT2D eigenvalue weighted by Gasteiger charge is -2.01. The summed E-state index contributed by atoms with van der Waals surface area (Å²) in [5.41, 5.74) is 4.03. The number of benzene rings is 2. The first kappa shape index (κ1) is 15.7. The third-order valence-corrected chi connectivity index (χ3v) is 3.18. The first-order chi connectivity index (χ1) is 10.5. The number of nitro groups is 1. The molecule has 2 aromatic carbocycles. The van der Waals surface area contributed by atoms with E-state index in [1.807, 2.05) is 13.0 Å². The molecule has 0 aliphatic carbocycles. The molecule has 0 spiro atoms. The number of hydrazone groups is 1. The van der Waals surface area contributed by atoms with E-state index in [1.165, 1.54) is 24.4 Å². The highest BCUT2D eigenvalue weighted by Crippen LogP contribution is 2.20. The number of hydrogen-bond donors (Lipinski definition) is 1. The van der Waals surface area contributed by atoms with Gasteiger partial charge in [-0.05, 0) is 25.1 Å². The maximum atomic E-state index is 11.9. The van der Waals surface area contributed by atoms with Crippen LogP contribution in [0.1, 0.15) is 21.5 Å². The number of nitro benzene ring substituents is 1. The number of aryl methyl sites for hydroxylation is 1. The van der Waals surface area contributed by atoms with Gasteiger partial charge in [0.05, 0.1) is 11.1 Å². The Balaban J connectivity index is 2.11. The molecule has 1 N–H and O–H groups in total. The van der Waals surface area contributed by atoms with Gasteiger partial charge in [-0.15, -0.1) is 0 Å². The third kappa shape index (κ3) is 3.89. The molecule has 0 fully saturated rings. The number of nitrogens with zero attached hydrogens (tertiary/aromatic N) is 2. The Kier molecular flexibility index (Phi) is 4.85. The summed E-state index contributed by atoms with van der Waals surface area (Å²) < 4.78 is 0. The van der Waals surface area contributed by atoms with Gasteiger partial charge in [-0.2, -0.15) is 5.10 Å². The molecule has 0 unspecified atom stereocenters. The van der Waals surface area contributed by atoms with Crippen molar-refractivity contribution < 1.29 is 9.72 Å². The molecule has 0 bridgehead atoms. The van der Waals surface area contributed by atoms with E-state index in [1.54, 1.807) is 18.2 Å². The molecule has 7 heteroatoms. The molecule has 2 aromatic rings. The Morgan fingerprint density at radius 3 is 2.77 bits per heavy atom. The van der Waals surface area contributed by atoms with E-state index in [4.69, 9.17) is 11.6 Å². The lowest BCUT2D eigenvalue weighted by atomic mass is 10.1. The number of amides is 1. The van der Waals surface area contributed by atoms with Gasteiger partial charge in [0, 0.05) is 28.3 Å². The molecule has 0 saturated carbocycles. The van der Waals surface area contributed by atoms with Gasteiger partial charge in [-0.1, -0.05) is 29.3 Å². The number of hydrogen-bond acceptors (Lipinski definition) is 4. The van der Waals surface area contributed by atoms with Crippen molar-refractivity contribution in [3.63, 3.8) is 0 Å². The molecule has 0 radical (unpaired) electrons. The number of nitrogens with one attached hydrogen (secondary N) is 1. The third-order valence-electron chi connectivity index (χ3n) is 2.84. The largest absolute Gasteiger partial charge is 0.271 e. The number of non-ortho nitro benzene ring substituents is 1. The topological polar surface area (TPSA) is 84.6 Å². The van der Waals surface area contributed by atoms with Crippen LogP contribution in [0.5, 0.6) is 0 Å². The number of rotatable bonds is 4. The van der Waals surface area contributed by atoms with E-state index in [9.17, 15) is 14.9 Å². The summed E-state index contributed by atoms with van der Waals surface area (Å²) in [5.74, 6) is -0.374. The molecule has 0 heterocycles. The van der Waals surface area contributed by atoms with Crippen LogP contribution in [0.4, 0.5) is 5.69 Å². The Bertz CT molecular complexity index is 759. The van der Waals surface area contributed by atoms with Crippen LogP contribution in [0.25, 0.3) is 0 Å². The zero-order chi connectivity index (χ0) is 16.1. The fourth-order valence-corrected chi connectivity index (χ4v) is 1.92. The van der Waals surface area contributed by atoms with Crippen LogP contribution in [0.15, 0.2) is 47.6 Å². The van der Waals surface area contributed by atoms with Gasteiger partial charge in [0.1, 0.15) is 0 Å². The monoisotopic (exact) mass is 317 g/mol. The van der Waals surface area contributed by atoms with Crippen molar-refractivity contribution in [2.75, 3.05) is 0 Å². The van der Waals surface area contributed by atoms with Crippen LogP contribution in [-0.2, 0) is 0 Å². The van der Waals surface area contributed by atoms with Crippen molar-refractivity contribution in [1.29, 1.82) is 0 Å². The quantitative estimate of drug-likeness (QED) is 0.533. The Hall–Kier alpha value is -2.73. The smallest absolute Gasteiger partial charge is 0.267 e. The minimum Gasteiger partial charge on any atom is -0.267 e. The molecular formula is C15H12ClN3O3. The molecule has 0 atom stereocenters. The molecule has 0 aromatic heterocycles. The summed E-state index contributed by atoms with van der Waals surface area (Å²) >= 11 is 5.93. The van der Waals surface area contributed by atoms with E-state index in [-0.39, 0.29) is 11.6 Å². The Morgan fingerprint density at radius 1 is 1.32 bits per heavy atom. The predicted octanol–water partition coefficient (Wildman–Crippen LogP) is 3.32. The molecule has 0 saturated heterocycles. The Morgan fingerprint density at radius 2 is 2.09 bits per heavy atom. The molecular weight excluding hydrogens is 306 g/mol. The standard InChI is InChI=1S/C15H12ClN3O3/c1-10-3-2-4-11(7-10)15(20)18-17-9-12-8-13(19(21)22)5-6-14(12)16/h2-9H,1H3,(H,18,20)/b17-9-. The fourth-order valence-electron chi connectivity index (χ4n) is 1.75. The van der Waals surface area contributed by atoms with Crippen LogP contribution in [0, 0.1) is 17.0 Å². The second kappa shape index (κ2) is 6.82. The molecule has 2 rings (SSSR count). The van der Waals surface area contributed by atoms with E-state index in [2.05, 4.69) is 10.5 Å². The highest BCUT2D eigenvalue weighted by atomic mass is 35.5. The highest BCUT2D eigenvalue weighted by Gasteiger charge is 2.08. The number of halogens is 1. The second-order valence-electron chi connectivity index (χ2n) is 4.53. The summed E-state index contributed by atoms with van der Waals surface area (Å²) in [7, 11) is 0. The fraction of sp³-hybridized carbons (Fsp3) is 0.0667. The predicted molar refractivity (Wildman–Crippen MR) is 84.3 cm³/mol. The lowest BCUT2D eigenvalue weighted by molar-refractivity contribution is -0.384. The zero-order valence-electron chi connectivity index (χ0n) is 11.6. The molecule has 6 nitrogen and oxygen atoms in total. The maximum absolute atomic E-state index is 11.9. The first-order valence-electron chi connectivity index (χ1n) is 6.31. The number of carbonyl (C=O) groups is 1. The Labute approximate surface area is 131 Å². The van der Waals surface area contributed by atoms with Crippen molar-refractivity contribution in [2.24, 2.45) is 5.10 Å². The average molecular weight is 318 g/mol. The molecule has 0 aliphatic heterocycles. The van der Waals surface area contributed by atoms with E-state index in [0.29, 0.717) is 16.1 Å². The lowest BCUT2D eigenvalue weighted by Crippen LogP contribution is -2.17. The van der Waals surface area contributed by atoms with Crippen molar-refractivity contribution in [3.05, 3.63) is 74.3 Å². The van der Waals surface area contributed by atoms with Crippen molar-refractivity contribution in [3.8, 4) is 0 Å². The van der Waals surface area contributed by atoms with Crippen LogP contribution in [0.2, 0.25) is 5.02 Å². The second-order valence-corrected chi connectivity index (χ2v) is 4.94. The van der Waals surface area contributed by atoms with Gasteiger partial charge in [-0.3, -0.25) is 14.9 Å². The van der Waals surface area contributed by atoms with E-state index in [0.717, 1.165) is 5.56 Å². The van der Waals surface area contributed by atoms with Crippen molar-refractivity contribution in [1.82, 2.24) is 5.43 Å². The molecule has 22 heavy (non-hydrogen) atoms. The minimum absolute atomic E-state index is 0.101. The zero-order valence-corrected chi connectivity index (χ0v) is 12.4. The van der Waals surface area contributed by atoms with Gasteiger partial charge in [0.2, 0.25) is 0 Å². The van der Waals surface area contributed by atoms with Crippen LogP contribution in [-0.4, -0.2) is 17.0 Å². The van der Waals surface area contributed by atoms with E-state index < -0.39 is 4.92 Å². The van der Waals surface area contributed by atoms with Gasteiger partial charge in [-0.25, -0.2) is 5.43 Å². The summed E-state index contributed by atoms with van der Waals surface area (Å²) in [6.07, 6.45) is 1.27. The van der Waals surface area contributed by atoms with Crippen LogP contribution in [0.3, 0.4) is 0 Å². The maximum Gasteiger partial charge on any atom is 0.271 e. The summed E-state index contributed by atoms with van der Waals surface area (Å²) in [6.45, 7) is 1.88. The molecule has 112 valence electrons. The highest BCUT2D eigenvalue weighted by molar-refractivity contribution is 6.33. The molecule has 0 aliphatic rings. The normalized spacial score (nSPS) is 10.6. The van der Waals surface area contributed by atoms with Crippen LogP contribution >= 0.6 is 11.6 Å². The first-order valence-corrected chi connectivity index (χ1v) is 6.69. The molecule has 1 amide bonds. The van der Waals surface area contributed by atoms with Gasteiger partial charge in [0.15, 0.2) is 0 Å². The van der Waals surface area contributed by atoms with Crippen LogP contribution < -0.4 is 5.43 Å². The minimum atomic E-state index is -0.529. The SMILES string of the molecule is Cc1cccc(C(=O)N/N=C\c2cc([N+](=O)[O-])ccc2Cl)c1. The van der Waals surface area contributed by atoms with Gasteiger partial charge >= 0.3 is 0 Å². The van der Waals surface area contributed by atoms with Crippen molar-refractivity contribution >= 4 is 29.4 Å². The number of carbonyl (C=O) groups excluding carboxylic acids is 1. The summed E-state index contributed by atoms with van der Waals surface area (Å²) in [5, 5.41) is 14.8. The summed E-state index contributed by atoms with van der Waals surface area (Å²) in [4.78, 5) is 22.1. The van der Waals surface area contributed by atoms with Crippen molar-refractivity contribution in [2.45, 2.75) is 6.92 Å².